The number of hydrogen-bond acceptors (Lipinski definition) is 6. The predicted octanol–water partition coefficient (Wildman–Crippen LogP) is 3.32. The second-order valence-electron chi connectivity index (χ2n) is 6.06. The van der Waals surface area contributed by atoms with Gasteiger partial charge in [0.25, 0.3) is 5.91 Å². The molecule has 0 unspecified atom stereocenters. The summed E-state index contributed by atoms with van der Waals surface area (Å²) < 4.78 is 9.95. The van der Waals surface area contributed by atoms with E-state index in [1.165, 1.54) is 0 Å². The van der Waals surface area contributed by atoms with Crippen LogP contribution >= 0.6 is 0 Å². The van der Waals surface area contributed by atoms with Crippen LogP contribution in [0.2, 0.25) is 0 Å². The molecule has 3 rings (SSSR count). The number of rotatable bonds is 6. The summed E-state index contributed by atoms with van der Waals surface area (Å²) >= 11 is 0. The van der Waals surface area contributed by atoms with Crippen LogP contribution in [0.1, 0.15) is 37.7 Å². The number of benzene rings is 2. The summed E-state index contributed by atoms with van der Waals surface area (Å²) in [6, 6.07) is 15.4. The van der Waals surface area contributed by atoms with Crippen LogP contribution in [0.5, 0.6) is 0 Å². The Kier molecular flexibility index (Phi) is 5.64. The third-order valence-corrected chi connectivity index (χ3v) is 4.05. The summed E-state index contributed by atoms with van der Waals surface area (Å²) in [5.41, 5.74) is 1.79. The maximum Gasteiger partial charge on any atom is 0.344 e. The molecule has 28 heavy (non-hydrogen) atoms. The van der Waals surface area contributed by atoms with Crippen LogP contribution in [0, 0.1) is 13.8 Å². The van der Waals surface area contributed by atoms with Crippen molar-refractivity contribution in [2.75, 3.05) is 11.9 Å². The maximum atomic E-state index is 12.7. The van der Waals surface area contributed by atoms with Gasteiger partial charge in [0.2, 0.25) is 0 Å². The Hall–Kier alpha value is -3.74. The molecule has 0 aliphatic heterocycles. The van der Waals surface area contributed by atoms with Gasteiger partial charge in [0, 0.05) is 11.1 Å². The minimum atomic E-state index is -0.694. The highest BCUT2D eigenvalue weighted by Gasteiger charge is 2.20. The molecule has 0 aliphatic carbocycles. The van der Waals surface area contributed by atoms with Crippen molar-refractivity contribution in [1.82, 2.24) is 5.16 Å². The second-order valence-corrected chi connectivity index (χ2v) is 6.06. The van der Waals surface area contributed by atoms with E-state index < -0.39 is 18.5 Å². The summed E-state index contributed by atoms with van der Waals surface area (Å²) in [7, 11) is 0. The molecule has 3 aromatic rings. The van der Waals surface area contributed by atoms with Crippen LogP contribution < -0.4 is 5.32 Å². The number of ketones is 1. The summed E-state index contributed by atoms with van der Waals surface area (Å²) in [4.78, 5) is 37.0. The zero-order valence-corrected chi connectivity index (χ0v) is 15.4. The molecule has 142 valence electrons. The van der Waals surface area contributed by atoms with Crippen LogP contribution in [0.15, 0.2) is 59.1 Å². The SMILES string of the molecule is Cc1noc(C)c1C(=O)OCC(=O)Nc1ccccc1C(=O)c1ccccc1. The molecule has 0 spiro atoms. The molecule has 0 atom stereocenters. The fourth-order valence-corrected chi connectivity index (χ4v) is 2.70. The minimum Gasteiger partial charge on any atom is -0.452 e. The summed E-state index contributed by atoms with van der Waals surface area (Å²) in [6.45, 7) is 2.69. The van der Waals surface area contributed by atoms with Gasteiger partial charge in [0.1, 0.15) is 11.3 Å². The molecule has 0 fully saturated rings. The lowest BCUT2D eigenvalue weighted by Crippen LogP contribution is -2.22. The van der Waals surface area contributed by atoms with Gasteiger partial charge in [0.15, 0.2) is 12.4 Å². The number of carbonyl (C=O) groups is 3. The maximum absolute atomic E-state index is 12.7. The normalized spacial score (nSPS) is 10.4. The van der Waals surface area contributed by atoms with E-state index in [0.29, 0.717) is 28.3 Å². The first-order valence-electron chi connectivity index (χ1n) is 8.56. The van der Waals surface area contributed by atoms with Crippen LogP contribution in [0.4, 0.5) is 5.69 Å². The third kappa shape index (κ3) is 4.15. The highest BCUT2D eigenvalue weighted by molar-refractivity contribution is 6.14. The van der Waals surface area contributed by atoms with Crippen LogP contribution in [0.3, 0.4) is 0 Å². The van der Waals surface area contributed by atoms with Gasteiger partial charge < -0.3 is 14.6 Å². The first-order valence-corrected chi connectivity index (χ1v) is 8.56. The first kappa shape index (κ1) is 19.0. The fraction of sp³-hybridized carbons (Fsp3) is 0.143. The molecular formula is C21H18N2O5. The van der Waals surface area contributed by atoms with Gasteiger partial charge in [0.05, 0.1) is 11.4 Å². The Morgan fingerprint density at radius 2 is 1.68 bits per heavy atom. The predicted molar refractivity (Wildman–Crippen MR) is 101 cm³/mol. The second kappa shape index (κ2) is 8.30. The molecule has 2 aromatic carbocycles. The van der Waals surface area contributed by atoms with E-state index in [4.69, 9.17) is 9.26 Å². The molecule has 0 bridgehead atoms. The third-order valence-electron chi connectivity index (χ3n) is 4.05. The van der Waals surface area contributed by atoms with Gasteiger partial charge in [-0.05, 0) is 26.0 Å². The molecular weight excluding hydrogens is 360 g/mol. The van der Waals surface area contributed by atoms with E-state index >= 15 is 0 Å². The van der Waals surface area contributed by atoms with Crippen molar-refractivity contribution in [2.45, 2.75) is 13.8 Å². The smallest absolute Gasteiger partial charge is 0.344 e. The lowest BCUT2D eigenvalue weighted by Gasteiger charge is -2.11. The number of amides is 1. The van der Waals surface area contributed by atoms with Crippen molar-refractivity contribution >= 4 is 23.3 Å². The Morgan fingerprint density at radius 3 is 2.36 bits per heavy atom. The molecule has 1 amide bonds. The topological polar surface area (TPSA) is 98.5 Å². The van der Waals surface area contributed by atoms with E-state index in [2.05, 4.69) is 10.5 Å². The Labute approximate surface area is 161 Å². The van der Waals surface area contributed by atoms with Gasteiger partial charge >= 0.3 is 5.97 Å². The fourth-order valence-electron chi connectivity index (χ4n) is 2.70. The molecule has 0 saturated carbocycles. The number of para-hydroxylation sites is 1. The van der Waals surface area contributed by atoms with Crippen LogP contribution in [-0.2, 0) is 9.53 Å². The summed E-state index contributed by atoms with van der Waals surface area (Å²) in [5.74, 6) is -1.15. The van der Waals surface area contributed by atoms with Crippen LogP contribution in [-0.4, -0.2) is 29.4 Å². The standard InChI is InChI=1S/C21H18N2O5/c1-13-19(14(2)28-23-13)21(26)27-12-18(24)22-17-11-7-6-10-16(17)20(25)15-8-4-3-5-9-15/h3-11H,12H2,1-2H3,(H,22,24). The average molecular weight is 378 g/mol. The molecule has 0 radical (unpaired) electrons. The van der Waals surface area contributed by atoms with Crippen LogP contribution in [0.25, 0.3) is 0 Å². The number of nitrogens with one attached hydrogen (secondary N) is 1. The summed E-state index contributed by atoms with van der Waals surface area (Å²) in [5, 5.41) is 6.29. The number of hydrogen-bond donors (Lipinski definition) is 1. The van der Waals surface area contributed by atoms with Crippen molar-refractivity contribution < 1.29 is 23.6 Å². The first-order chi connectivity index (χ1) is 13.5. The molecule has 0 aliphatic rings. The molecule has 1 N–H and O–H groups in total. The van der Waals surface area contributed by atoms with E-state index in [9.17, 15) is 14.4 Å². The van der Waals surface area contributed by atoms with Gasteiger partial charge in [-0.2, -0.15) is 0 Å². The highest BCUT2D eigenvalue weighted by atomic mass is 16.5. The number of nitrogens with zero attached hydrogens (tertiary/aromatic N) is 1. The minimum absolute atomic E-state index is 0.201. The quantitative estimate of drug-likeness (QED) is 0.522. The van der Waals surface area contributed by atoms with Crippen molar-refractivity contribution in [3.05, 3.63) is 82.7 Å². The Bertz CT molecular complexity index is 1000. The van der Waals surface area contributed by atoms with Crippen molar-refractivity contribution in [3.8, 4) is 0 Å². The van der Waals surface area contributed by atoms with E-state index in [0.717, 1.165) is 0 Å². The molecule has 1 heterocycles. The lowest BCUT2D eigenvalue weighted by molar-refractivity contribution is -0.119. The number of ether oxygens (including phenoxy) is 1. The number of aromatic nitrogens is 1. The van der Waals surface area contributed by atoms with Crippen molar-refractivity contribution in [2.24, 2.45) is 0 Å². The zero-order valence-electron chi connectivity index (χ0n) is 15.4. The summed E-state index contributed by atoms with van der Waals surface area (Å²) in [6.07, 6.45) is 0. The average Bonchev–Trinajstić information content (AvgIpc) is 3.05. The molecule has 7 nitrogen and oxygen atoms in total. The Morgan fingerprint density at radius 1 is 1.00 bits per heavy atom. The largest absolute Gasteiger partial charge is 0.452 e. The van der Waals surface area contributed by atoms with Crippen molar-refractivity contribution in [3.63, 3.8) is 0 Å². The van der Waals surface area contributed by atoms with E-state index in [1.54, 1.807) is 62.4 Å². The number of carbonyl (C=O) groups excluding carboxylic acids is 3. The number of anilines is 1. The monoisotopic (exact) mass is 378 g/mol. The van der Waals surface area contributed by atoms with Gasteiger partial charge in [-0.3, -0.25) is 9.59 Å². The van der Waals surface area contributed by atoms with Crippen molar-refractivity contribution in [1.29, 1.82) is 0 Å². The highest BCUT2D eigenvalue weighted by Crippen LogP contribution is 2.19. The Balaban J connectivity index is 1.68. The molecule has 0 saturated heterocycles. The van der Waals surface area contributed by atoms with Gasteiger partial charge in [-0.15, -0.1) is 0 Å². The van der Waals surface area contributed by atoms with Gasteiger partial charge in [-0.1, -0.05) is 47.6 Å². The number of esters is 1. The zero-order chi connectivity index (χ0) is 20.1. The number of aryl methyl sites for hydroxylation is 2. The molecule has 1 aromatic heterocycles. The van der Waals surface area contributed by atoms with E-state index in [-0.39, 0.29) is 11.3 Å². The lowest BCUT2D eigenvalue weighted by atomic mass is 10.0. The molecule has 7 heteroatoms. The van der Waals surface area contributed by atoms with Gasteiger partial charge in [-0.25, -0.2) is 4.79 Å². The van der Waals surface area contributed by atoms with E-state index in [1.807, 2.05) is 6.07 Å².